The summed E-state index contributed by atoms with van der Waals surface area (Å²) < 4.78 is 7.68. The van der Waals surface area contributed by atoms with Crippen molar-refractivity contribution >= 4 is 11.3 Å². The van der Waals surface area contributed by atoms with Gasteiger partial charge in [0.05, 0.1) is 23.9 Å². The van der Waals surface area contributed by atoms with E-state index >= 15 is 0 Å². The zero-order valence-corrected chi connectivity index (χ0v) is 14.2. The van der Waals surface area contributed by atoms with E-state index in [9.17, 15) is 5.26 Å². The summed E-state index contributed by atoms with van der Waals surface area (Å²) in [7, 11) is 0. The van der Waals surface area contributed by atoms with E-state index < -0.39 is 0 Å². The third kappa shape index (κ3) is 2.36. The van der Waals surface area contributed by atoms with Gasteiger partial charge < -0.3 is 4.74 Å². The maximum atomic E-state index is 9.18. The number of aromatic nitrogens is 4. The molecule has 0 bridgehead atoms. The summed E-state index contributed by atoms with van der Waals surface area (Å²) in [5.41, 5.74) is 2.36. The molecule has 0 radical (unpaired) electrons. The highest BCUT2D eigenvalue weighted by Crippen LogP contribution is 2.40. The first-order valence-corrected chi connectivity index (χ1v) is 8.56. The van der Waals surface area contributed by atoms with Gasteiger partial charge in [-0.2, -0.15) is 10.4 Å². The number of ether oxygens (including phenoxy) is 1. The number of hydrogen-bond acceptors (Lipinski definition) is 6. The molecule has 0 fully saturated rings. The van der Waals surface area contributed by atoms with Crippen molar-refractivity contribution in [1.29, 1.82) is 5.26 Å². The average molecular weight is 337 g/mol. The van der Waals surface area contributed by atoms with Crippen LogP contribution in [-0.2, 0) is 6.42 Å². The van der Waals surface area contributed by atoms with Crippen LogP contribution in [0.1, 0.15) is 30.3 Å². The second kappa shape index (κ2) is 5.73. The highest BCUT2D eigenvalue weighted by molar-refractivity contribution is 7.15. The summed E-state index contributed by atoms with van der Waals surface area (Å²) in [6, 6.07) is 7.85. The average Bonchev–Trinajstić information content (AvgIpc) is 3.19. The molecular formula is C17H15N5OS. The van der Waals surface area contributed by atoms with Gasteiger partial charge in [0.25, 0.3) is 0 Å². The lowest BCUT2D eigenvalue weighted by atomic mass is 10.1. The van der Waals surface area contributed by atoms with Crippen molar-refractivity contribution in [2.75, 3.05) is 6.61 Å². The fourth-order valence-electron chi connectivity index (χ4n) is 2.77. The van der Waals surface area contributed by atoms with Gasteiger partial charge >= 0.3 is 0 Å². The molecule has 1 aliphatic rings. The summed E-state index contributed by atoms with van der Waals surface area (Å²) in [4.78, 5) is 10.3. The van der Waals surface area contributed by atoms with Crippen LogP contribution >= 0.6 is 11.3 Å². The van der Waals surface area contributed by atoms with Gasteiger partial charge in [-0.05, 0) is 32.0 Å². The molecule has 0 unspecified atom stereocenters. The molecule has 2 aromatic heterocycles. The molecule has 3 heterocycles. The van der Waals surface area contributed by atoms with Crippen molar-refractivity contribution in [1.82, 2.24) is 19.7 Å². The molecule has 4 rings (SSSR count). The summed E-state index contributed by atoms with van der Waals surface area (Å²) in [6.45, 7) is 4.74. The highest BCUT2D eigenvalue weighted by Gasteiger charge is 2.23. The summed E-state index contributed by atoms with van der Waals surface area (Å²) in [5, 5.41) is 14.3. The van der Waals surface area contributed by atoms with Crippen LogP contribution < -0.4 is 4.74 Å². The Bertz CT molecular complexity index is 950. The maximum Gasteiger partial charge on any atom is 0.187 e. The highest BCUT2D eigenvalue weighted by atomic mass is 32.1. The number of thiazole rings is 1. The molecule has 0 aliphatic carbocycles. The minimum absolute atomic E-state index is 0.215. The lowest BCUT2D eigenvalue weighted by Gasteiger charge is -2.08. The van der Waals surface area contributed by atoms with Crippen LogP contribution in [-0.4, -0.2) is 26.4 Å². The molecule has 0 N–H and O–H groups in total. The Labute approximate surface area is 143 Å². The molecule has 0 spiro atoms. The Morgan fingerprint density at radius 3 is 3.04 bits per heavy atom. The van der Waals surface area contributed by atoms with Crippen LogP contribution in [0, 0.1) is 11.3 Å². The van der Waals surface area contributed by atoms with Crippen molar-refractivity contribution in [3.05, 3.63) is 35.0 Å². The molecule has 6 nitrogen and oxygen atoms in total. The lowest BCUT2D eigenvalue weighted by molar-refractivity contribution is 0.327. The molecular weight excluding hydrogens is 322 g/mol. The Morgan fingerprint density at radius 1 is 1.38 bits per heavy atom. The molecule has 0 saturated carbocycles. The molecule has 0 atom stereocenters. The summed E-state index contributed by atoms with van der Waals surface area (Å²) >= 11 is 1.62. The number of nitriles is 1. The predicted octanol–water partition coefficient (Wildman–Crippen LogP) is 3.46. The molecule has 0 saturated heterocycles. The summed E-state index contributed by atoms with van der Waals surface area (Å²) in [6.07, 6.45) is 2.35. The van der Waals surface area contributed by atoms with Crippen LogP contribution in [0.4, 0.5) is 0 Å². The number of rotatable bonds is 2. The standard InChI is InChI=1S/C17H15N5OS/c1-10(2)22-16(19-9-20-22)17-21-15-12-7-11(8-18)3-4-13(12)23-6-5-14(15)24-17/h3-4,7,9-10H,5-6H2,1-2H3. The molecule has 0 amide bonds. The van der Waals surface area contributed by atoms with Gasteiger partial charge in [-0.3, -0.25) is 0 Å². The Kier molecular flexibility index (Phi) is 3.54. The van der Waals surface area contributed by atoms with Gasteiger partial charge in [-0.1, -0.05) is 0 Å². The first kappa shape index (κ1) is 14.8. The van der Waals surface area contributed by atoms with Gasteiger partial charge in [0, 0.05) is 22.9 Å². The van der Waals surface area contributed by atoms with Crippen LogP contribution in [0.3, 0.4) is 0 Å². The maximum absolute atomic E-state index is 9.18. The van der Waals surface area contributed by atoms with Crippen LogP contribution in [0.2, 0.25) is 0 Å². The molecule has 24 heavy (non-hydrogen) atoms. The second-order valence-corrected chi connectivity index (χ2v) is 6.92. The third-order valence-electron chi connectivity index (χ3n) is 3.90. The quantitative estimate of drug-likeness (QED) is 0.716. The number of fused-ring (bicyclic) bond motifs is 3. The fourth-order valence-corrected chi connectivity index (χ4v) is 3.82. The molecule has 7 heteroatoms. The Hall–Kier alpha value is -2.72. The van der Waals surface area contributed by atoms with Crippen LogP contribution in [0.15, 0.2) is 24.5 Å². The Balaban J connectivity index is 1.88. The largest absolute Gasteiger partial charge is 0.493 e. The fraction of sp³-hybridized carbons (Fsp3) is 0.294. The normalized spacial score (nSPS) is 12.9. The van der Waals surface area contributed by atoms with Crippen molar-refractivity contribution in [2.45, 2.75) is 26.3 Å². The van der Waals surface area contributed by atoms with E-state index in [-0.39, 0.29) is 6.04 Å². The zero-order chi connectivity index (χ0) is 16.7. The van der Waals surface area contributed by atoms with E-state index in [0.29, 0.717) is 12.2 Å². The van der Waals surface area contributed by atoms with E-state index in [2.05, 4.69) is 30.0 Å². The zero-order valence-electron chi connectivity index (χ0n) is 13.4. The first-order valence-electron chi connectivity index (χ1n) is 7.74. The number of hydrogen-bond donors (Lipinski definition) is 0. The number of nitrogens with zero attached hydrogens (tertiary/aromatic N) is 5. The van der Waals surface area contributed by atoms with E-state index in [1.807, 2.05) is 16.8 Å². The van der Waals surface area contributed by atoms with Gasteiger partial charge in [0.15, 0.2) is 10.8 Å². The second-order valence-electron chi connectivity index (χ2n) is 5.83. The van der Waals surface area contributed by atoms with Gasteiger partial charge in [0.2, 0.25) is 0 Å². The van der Waals surface area contributed by atoms with Crippen LogP contribution in [0.5, 0.6) is 5.75 Å². The molecule has 1 aliphatic heterocycles. The predicted molar refractivity (Wildman–Crippen MR) is 90.9 cm³/mol. The van der Waals surface area contributed by atoms with Crippen molar-refractivity contribution in [2.24, 2.45) is 0 Å². The SMILES string of the molecule is CC(C)n1ncnc1-c1nc2c(s1)CCOc1ccc(C#N)cc1-2. The smallest absolute Gasteiger partial charge is 0.187 e. The first-order chi connectivity index (χ1) is 11.7. The molecule has 120 valence electrons. The monoisotopic (exact) mass is 337 g/mol. The van der Waals surface area contributed by atoms with E-state index in [1.165, 1.54) is 0 Å². The van der Waals surface area contributed by atoms with Crippen LogP contribution in [0.25, 0.3) is 22.1 Å². The van der Waals surface area contributed by atoms with E-state index in [0.717, 1.165) is 39.1 Å². The molecule has 3 aromatic rings. The minimum atomic E-state index is 0.215. The summed E-state index contributed by atoms with van der Waals surface area (Å²) in [5.74, 6) is 1.55. The third-order valence-corrected chi connectivity index (χ3v) is 5.01. The molecule has 1 aromatic carbocycles. The Morgan fingerprint density at radius 2 is 2.25 bits per heavy atom. The number of benzene rings is 1. The van der Waals surface area contributed by atoms with Gasteiger partial charge in [-0.15, -0.1) is 11.3 Å². The van der Waals surface area contributed by atoms with E-state index in [4.69, 9.17) is 9.72 Å². The van der Waals surface area contributed by atoms with Gasteiger partial charge in [0.1, 0.15) is 12.1 Å². The van der Waals surface area contributed by atoms with Crippen molar-refractivity contribution in [3.63, 3.8) is 0 Å². The van der Waals surface area contributed by atoms with E-state index in [1.54, 1.807) is 23.7 Å². The van der Waals surface area contributed by atoms with Gasteiger partial charge in [-0.25, -0.2) is 14.6 Å². The topological polar surface area (TPSA) is 76.6 Å². The van der Waals surface area contributed by atoms with Crippen molar-refractivity contribution < 1.29 is 4.74 Å². The van der Waals surface area contributed by atoms with Crippen molar-refractivity contribution in [3.8, 4) is 33.9 Å². The lowest BCUT2D eigenvalue weighted by Crippen LogP contribution is -2.04. The minimum Gasteiger partial charge on any atom is -0.493 e.